The number of allylic oxidation sites excluding steroid dienone is 1. The normalized spacial score (nSPS) is 13.0. The van der Waals surface area contributed by atoms with E-state index >= 15 is 0 Å². The third-order valence-corrected chi connectivity index (χ3v) is 4.04. The number of nitrogens with zero attached hydrogens (tertiary/aromatic N) is 2. The van der Waals surface area contributed by atoms with Crippen LogP contribution in [-0.2, 0) is 13.0 Å². The summed E-state index contributed by atoms with van der Waals surface area (Å²) in [6.07, 6.45) is 1.10. The molecule has 24 heavy (non-hydrogen) atoms. The predicted octanol–water partition coefficient (Wildman–Crippen LogP) is 5.38. The minimum atomic E-state index is 0.960. The van der Waals surface area contributed by atoms with E-state index in [1.54, 1.807) is 0 Å². The van der Waals surface area contributed by atoms with Crippen LogP contribution < -0.4 is 4.90 Å². The van der Waals surface area contributed by atoms with Crippen LogP contribution in [0.25, 0.3) is 10.9 Å². The van der Waals surface area contributed by atoms with Gasteiger partial charge in [-0.05, 0) is 49.6 Å². The zero-order valence-electron chi connectivity index (χ0n) is 14.5. The smallest absolute Gasteiger partial charge is 0.129 e. The lowest BCUT2D eigenvalue weighted by Gasteiger charge is -2.29. The van der Waals surface area contributed by atoms with E-state index in [4.69, 9.17) is 4.98 Å². The molecule has 0 unspecified atom stereocenters. The maximum absolute atomic E-state index is 4.80. The Labute approximate surface area is 144 Å². The molecule has 4 rings (SSSR count). The highest BCUT2D eigenvalue weighted by molar-refractivity contribution is 5.80. The number of fused-ring (bicyclic) bond motifs is 2. The predicted molar refractivity (Wildman–Crippen MR) is 103 cm³/mol. The van der Waals surface area contributed by atoms with E-state index in [2.05, 4.69) is 66.1 Å². The Hall–Kier alpha value is -2.61. The molecule has 1 aliphatic rings. The minimum absolute atomic E-state index is 0.960. The SMILES string of the molecule is C=C(C)C.c1ccc2c(c1)CCN(c1ccc3ccccc3n1)C2. The fourth-order valence-electron chi connectivity index (χ4n) is 2.92. The molecular formula is C22H24N2. The van der Waals surface area contributed by atoms with Crippen LogP contribution in [0.3, 0.4) is 0 Å². The summed E-state index contributed by atoms with van der Waals surface area (Å²) >= 11 is 0. The summed E-state index contributed by atoms with van der Waals surface area (Å²) in [5.74, 6) is 1.08. The zero-order chi connectivity index (χ0) is 16.9. The molecule has 0 aliphatic carbocycles. The maximum Gasteiger partial charge on any atom is 0.129 e. The molecule has 2 aromatic carbocycles. The molecule has 0 atom stereocenters. The van der Waals surface area contributed by atoms with Crippen molar-refractivity contribution in [1.82, 2.24) is 4.98 Å². The largest absolute Gasteiger partial charge is 0.352 e. The van der Waals surface area contributed by atoms with Gasteiger partial charge in [0.15, 0.2) is 0 Å². The summed E-state index contributed by atoms with van der Waals surface area (Å²) in [4.78, 5) is 7.17. The summed E-state index contributed by atoms with van der Waals surface area (Å²) in [5, 5.41) is 1.20. The van der Waals surface area contributed by atoms with Gasteiger partial charge < -0.3 is 4.90 Å². The lowest BCUT2D eigenvalue weighted by molar-refractivity contribution is 0.722. The number of rotatable bonds is 1. The molecule has 3 aromatic rings. The molecule has 1 aliphatic heterocycles. The van der Waals surface area contributed by atoms with Crippen LogP contribution in [0.15, 0.2) is 72.8 Å². The van der Waals surface area contributed by atoms with Crippen molar-refractivity contribution in [1.29, 1.82) is 0 Å². The van der Waals surface area contributed by atoms with Crippen LogP contribution in [0.2, 0.25) is 0 Å². The third-order valence-electron chi connectivity index (χ3n) is 4.04. The van der Waals surface area contributed by atoms with Crippen molar-refractivity contribution in [2.75, 3.05) is 11.4 Å². The van der Waals surface area contributed by atoms with Gasteiger partial charge >= 0.3 is 0 Å². The van der Waals surface area contributed by atoms with E-state index < -0.39 is 0 Å². The monoisotopic (exact) mass is 316 g/mol. The van der Waals surface area contributed by atoms with Gasteiger partial charge in [-0.1, -0.05) is 48.0 Å². The molecule has 2 heteroatoms. The Kier molecular flexibility index (Phi) is 4.95. The van der Waals surface area contributed by atoms with Crippen LogP contribution in [0, 0.1) is 0 Å². The topological polar surface area (TPSA) is 16.1 Å². The molecule has 0 saturated heterocycles. The number of aromatic nitrogens is 1. The van der Waals surface area contributed by atoms with E-state index in [1.807, 2.05) is 19.9 Å². The highest BCUT2D eigenvalue weighted by atomic mass is 15.2. The summed E-state index contributed by atoms with van der Waals surface area (Å²) in [5.41, 5.74) is 5.14. The van der Waals surface area contributed by atoms with E-state index in [-0.39, 0.29) is 0 Å². The molecule has 0 fully saturated rings. The standard InChI is InChI=1S/C18H16N2.C4H8/c1-2-7-16-13-20(12-11-14(16)5-1)18-10-9-15-6-3-4-8-17(15)19-18;1-4(2)3/h1-10H,11-13H2;1H2,2-3H3. The second-order valence-corrected chi connectivity index (χ2v) is 6.51. The minimum Gasteiger partial charge on any atom is -0.352 e. The van der Waals surface area contributed by atoms with Gasteiger partial charge in [0.1, 0.15) is 5.82 Å². The Morgan fingerprint density at radius 2 is 1.58 bits per heavy atom. The summed E-state index contributed by atoms with van der Waals surface area (Å²) in [6, 6.07) is 21.3. The Bertz CT molecular complexity index is 847. The van der Waals surface area contributed by atoms with Gasteiger partial charge in [-0.25, -0.2) is 4.98 Å². The zero-order valence-corrected chi connectivity index (χ0v) is 14.5. The van der Waals surface area contributed by atoms with Crippen molar-refractivity contribution in [3.8, 4) is 0 Å². The summed E-state index contributed by atoms with van der Waals surface area (Å²) in [7, 11) is 0. The van der Waals surface area contributed by atoms with Crippen molar-refractivity contribution >= 4 is 16.7 Å². The second-order valence-electron chi connectivity index (χ2n) is 6.51. The molecule has 0 N–H and O–H groups in total. The fraction of sp³-hybridized carbons (Fsp3) is 0.227. The van der Waals surface area contributed by atoms with E-state index in [0.717, 1.165) is 30.8 Å². The van der Waals surface area contributed by atoms with E-state index in [0.29, 0.717) is 0 Å². The van der Waals surface area contributed by atoms with Gasteiger partial charge in [0.25, 0.3) is 0 Å². The number of anilines is 1. The van der Waals surface area contributed by atoms with E-state index in [9.17, 15) is 0 Å². The second kappa shape index (κ2) is 7.31. The molecule has 0 bridgehead atoms. The quantitative estimate of drug-likeness (QED) is 0.560. The average Bonchev–Trinajstić information content (AvgIpc) is 2.60. The third kappa shape index (κ3) is 3.83. The molecule has 0 radical (unpaired) electrons. The first-order valence-corrected chi connectivity index (χ1v) is 8.43. The fourth-order valence-corrected chi connectivity index (χ4v) is 2.92. The highest BCUT2D eigenvalue weighted by Crippen LogP contribution is 2.24. The molecule has 0 spiro atoms. The van der Waals surface area contributed by atoms with Crippen molar-refractivity contribution in [3.63, 3.8) is 0 Å². The summed E-state index contributed by atoms with van der Waals surface area (Å²) < 4.78 is 0. The van der Waals surface area contributed by atoms with Gasteiger partial charge in [-0.15, -0.1) is 6.58 Å². The number of benzene rings is 2. The number of hydrogen-bond acceptors (Lipinski definition) is 2. The van der Waals surface area contributed by atoms with Gasteiger partial charge in [0, 0.05) is 18.5 Å². The van der Waals surface area contributed by atoms with Gasteiger partial charge in [-0.3, -0.25) is 0 Å². The number of hydrogen-bond donors (Lipinski definition) is 0. The van der Waals surface area contributed by atoms with E-state index in [1.165, 1.54) is 22.1 Å². The van der Waals surface area contributed by atoms with Crippen LogP contribution in [0.5, 0.6) is 0 Å². The molecule has 2 heterocycles. The number of para-hydroxylation sites is 1. The lowest BCUT2D eigenvalue weighted by Crippen LogP contribution is -2.30. The lowest BCUT2D eigenvalue weighted by atomic mass is 10.00. The molecule has 1 aromatic heterocycles. The van der Waals surface area contributed by atoms with Crippen LogP contribution in [0.4, 0.5) is 5.82 Å². The number of pyridine rings is 1. The van der Waals surface area contributed by atoms with Crippen LogP contribution >= 0.6 is 0 Å². The average molecular weight is 316 g/mol. The molecule has 122 valence electrons. The molecule has 0 amide bonds. The van der Waals surface area contributed by atoms with Crippen LogP contribution in [-0.4, -0.2) is 11.5 Å². The molecule has 0 saturated carbocycles. The Morgan fingerprint density at radius 1 is 0.917 bits per heavy atom. The van der Waals surface area contributed by atoms with Gasteiger partial charge in [-0.2, -0.15) is 0 Å². The summed E-state index contributed by atoms with van der Waals surface area (Å²) in [6.45, 7) is 9.50. The van der Waals surface area contributed by atoms with Crippen molar-refractivity contribution < 1.29 is 0 Å². The van der Waals surface area contributed by atoms with Crippen molar-refractivity contribution in [2.24, 2.45) is 0 Å². The van der Waals surface area contributed by atoms with Crippen LogP contribution in [0.1, 0.15) is 25.0 Å². The highest BCUT2D eigenvalue weighted by Gasteiger charge is 2.16. The Balaban J connectivity index is 0.000000383. The first-order valence-electron chi connectivity index (χ1n) is 8.43. The molecule has 2 nitrogen and oxygen atoms in total. The van der Waals surface area contributed by atoms with Gasteiger partial charge in [0.05, 0.1) is 5.52 Å². The van der Waals surface area contributed by atoms with Crippen molar-refractivity contribution in [2.45, 2.75) is 26.8 Å². The van der Waals surface area contributed by atoms with Gasteiger partial charge in [0.2, 0.25) is 0 Å². The first kappa shape index (κ1) is 16.3. The first-order chi connectivity index (χ1) is 11.6. The molecular weight excluding hydrogens is 292 g/mol. The Morgan fingerprint density at radius 3 is 2.38 bits per heavy atom. The van der Waals surface area contributed by atoms with Crippen molar-refractivity contribution in [3.05, 3.63) is 83.9 Å². The maximum atomic E-state index is 4.80.